The first-order chi connectivity index (χ1) is 9.85. The van der Waals surface area contributed by atoms with Crippen LogP contribution in [0.25, 0.3) is 10.9 Å². The van der Waals surface area contributed by atoms with Crippen LogP contribution in [0.1, 0.15) is 12.1 Å². The van der Waals surface area contributed by atoms with Gasteiger partial charge in [-0.15, -0.1) is 0 Å². The molecule has 1 aromatic heterocycles. The average Bonchev–Trinajstić information content (AvgIpc) is 2.50. The summed E-state index contributed by atoms with van der Waals surface area (Å²) in [6.45, 7) is 5.82. The molecule has 0 aliphatic carbocycles. The molecule has 1 N–H and O–H groups in total. The predicted molar refractivity (Wildman–Crippen MR) is 80.8 cm³/mol. The fraction of sp³-hybridized carbons (Fsp3) is 0.312. The van der Waals surface area contributed by atoms with E-state index >= 15 is 0 Å². The number of aromatic nitrogens is 1. The largest absolute Gasteiger partial charge is 0.502 e. The fourth-order valence-electron chi connectivity index (χ4n) is 2.00. The summed E-state index contributed by atoms with van der Waals surface area (Å²) in [6.07, 6.45) is 2.42. The molecule has 0 fully saturated rings. The van der Waals surface area contributed by atoms with Crippen LogP contribution in [0.5, 0.6) is 5.75 Å². The van der Waals surface area contributed by atoms with Gasteiger partial charge in [-0.25, -0.2) is 4.98 Å². The summed E-state index contributed by atoms with van der Waals surface area (Å²) in [5, 5.41) is 4.44. The summed E-state index contributed by atoms with van der Waals surface area (Å²) in [6, 6.07) is 10.0. The van der Waals surface area contributed by atoms with Crippen molar-refractivity contribution in [2.75, 3.05) is 20.3 Å². The summed E-state index contributed by atoms with van der Waals surface area (Å²) < 4.78 is 10.4. The van der Waals surface area contributed by atoms with E-state index in [1.54, 1.807) is 7.11 Å². The Hall–Kier alpha value is -2.07. The van der Waals surface area contributed by atoms with Gasteiger partial charge >= 0.3 is 0 Å². The van der Waals surface area contributed by atoms with Gasteiger partial charge in [0.2, 0.25) is 0 Å². The van der Waals surface area contributed by atoms with Crippen molar-refractivity contribution in [3.8, 4) is 5.75 Å². The lowest BCUT2D eigenvalue weighted by atomic mass is 10.2. The number of hydrogen-bond acceptors (Lipinski definition) is 4. The minimum atomic E-state index is 0.690. The number of hydrogen-bond donors (Lipinski definition) is 1. The molecular formula is C16H20N2O2. The minimum Gasteiger partial charge on any atom is -0.502 e. The number of nitrogens with zero attached hydrogens (tertiary/aromatic N) is 1. The summed E-state index contributed by atoms with van der Waals surface area (Å²) in [5.41, 5.74) is 1.91. The first kappa shape index (κ1) is 14.3. The van der Waals surface area contributed by atoms with Gasteiger partial charge in [-0.3, -0.25) is 0 Å². The fourth-order valence-corrected chi connectivity index (χ4v) is 2.00. The van der Waals surface area contributed by atoms with Crippen LogP contribution in [0.2, 0.25) is 0 Å². The molecule has 0 saturated carbocycles. The lowest BCUT2D eigenvalue weighted by molar-refractivity contribution is 0.244. The van der Waals surface area contributed by atoms with E-state index in [0.29, 0.717) is 6.61 Å². The number of ether oxygens (including phenoxy) is 2. The Bertz CT molecular complexity index is 569. The highest BCUT2D eigenvalue weighted by atomic mass is 16.5. The van der Waals surface area contributed by atoms with Crippen LogP contribution >= 0.6 is 0 Å². The molecule has 4 heteroatoms. The van der Waals surface area contributed by atoms with Gasteiger partial charge in [0.05, 0.1) is 25.7 Å². The Morgan fingerprint density at radius 3 is 3.00 bits per heavy atom. The van der Waals surface area contributed by atoms with E-state index in [2.05, 4.69) is 22.9 Å². The standard InChI is InChI=1S/C16H20N2O2/c1-3-20-11-5-10-17-12-14-9-8-13-6-4-7-15(19-2)16(13)18-14/h3-4,6-9,17H,1,5,10-12H2,2H3. The molecule has 0 aliphatic rings. The van der Waals surface area contributed by atoms with Gasteiger partial charge in [0, 0.05) is 11.9 Å². The zero-order valence-corrected chi connectivity index (χ0v) is 11.8. The molecule has 0 saturated heterocycles. The van der Waals surface area contributed by atoms with Crippen LogP contribution in [0.4, 0.5) is 0 Å². The zero-order chi connectivity index (χ0) is 14.2. The molecule has 106 valence electrons. The van der Waals surface area contributed by atoms with Crippen molar-refractivity contribution in [2.45, 2.75) is 13.0 Å². The molecular weight excluding hydrogens is 252 g/mol. The quantitative estimate of drug-likeness (QED) is 0.593. The SMILES string of the molecule is C=COCCCNCc1ccc2cccc(OC)c2n1. The molecule has 0 spiro atoms. The number of methoxy groups -OCH3 is 1. The lowest BCUT2D eigenvalue weighted by Gasteiger charge is -2.08. The van der Waals surface area contributed by atoms with Crippen molar-refractivity contribution in [3.63, 3.8) is 0 Å². The van der Waals surface area contributed by atoms with E-state index in [1.165, 1.54) is 6.26 Å². The van der Waals surface area contributed by atoms with Crippen molar-refractivity contribution >= 4 is 10.9 Å². The molecule has 20 heavy (non-hydrogen) atoms. The maximum atomic E-state index is 5.34. The molecule has 0 atom stereocenters. The van der Waals surface area contributed by atoms with Crippen molar-refractivity contribution in [1.82, 2.24) is 10.3 Å². The van der Waals surface area contributed by atoms with Crippen molar-refractivity contribution in [3.05, 3.63) is 48.9 Å². The topological polar surface area (TPSA) is 43.4 Å². The third-order valence-electron chi connectivity index (χ3n) is 3.00. The Labute approximate surface area is 119 Å². The highest BCUT2D eigenvalue weighted by molar-refractivity contribution is 5.84. The second kappa shape index (κ2) is 7.50. The maximum absolute atomic E-state index is 5.34. The van der Waals surface area contributed by atoms with Crippen LogP contribution in [0.15, 0.2) is 43.2 Å². The molecule has 2 aromatic rings. The van der Waals surface area contributed by atoms with Gasteiger partial charge in [-0.05, 0) is 25.1 Å². The average molecular weight is 272 g/mol. The minimum absolute atomic E-state index is 0.690. The second-order valence-corrected chi connectivity index (χ2v) is 4.40. The number of benzene rings is 1. The lowest BCUT2D eigenvalue weighted by Crippen LogP contribution is -2.16. The summed E-state index contributed by atoms with van der Waals surface area (Å²) in [4.78, 5) is 4.65. The monoisotopic (exact) mass is 272 g/mol. The van der Waals surface area contributed by atoms with Gasteiger partial charge in [0.25, 0.3) is 0 Å². The van der Waals surface area contributed by atoms with Gasteiger partial charge in [0.15, 0.2) is 0 Å². The number of para-hydroxylation sites is 1. The van der Waals surface area contributed by atoms with Crippen LogP contribution in [-0.4, -0.2) is 25.2 Å². The highest BCUT2D eigenvalue weighted by Crippen LogP contribution is 2.23. The number of fused-ring (bicyclic) bond motifs is 1. The van der Waals surface area contributed by atoms with Crippen LogP contribution in [-0.2, 0) is 11.3 Å². The smallest absolute Gasteiger partial charge is 0.145 e. The van der Waals surface area contributed by atoms with Crippen molar-refractivity contribution < 1.29 is 9.47 Å². The summed E-state index contributed by atoms with van der Waals surface area (Å²) in [5.74, 6) is 0.809. The van der Waals surface area contributed by atoms with Crippen LogP contribution in [0.3, 0.4) is 0 Å². The Morgan fingerprint density at radius 2 is 2.20 bits per heavy atom. The first-order valence-corrected chi connectivity index (χ1v) is 6.71. The van der Waals surface area contributed by atoms with E-state index in [4.69, 9.17) is 9.47 Å². The first-order valence-electron chi connectivity index (χ1n) is 6.71. The number of pyridine rings is 1. The third kappa shape index (κ3) is 3.71. The molecule has 0 aliphatic heterocycles. The van der Waals surface area contributed by atoms with Gasteiger partial charge in [-0.1, -0.05) is 24.8 Å². The van der Waals surface area contributed by atoms with Crippen LogP contribution in [0, 0.1) is 0 Å². The maximum Gasteiger partial charge on any atom is 0.145 e. The van der Waals surface area contributed by atoms with Gasteiger partial charge < -0.3 is 14.8 Å². The molecule has 0 radical (unpaired) electrons. The van der Waals surface area contributed by atoms with E-state index in [-0.39, 0.29) is 0 Å². The Balaban J connectivity index is 1.95. The predicted octanol–water partition coefficient (Wildman–Crippen LogP) is 2.88. The van der Waals surface area contributed by atoms with E-state index < -0.39 is 0 Å². The summed E-state index contributed by atoms with van der Waals surface area (Å²) in [7, 11) is 1.67. The van der Waals surface area contributed by atoms with Gasteiger partial charge in [0.1, 0.15) is 11.3 Å². The molecule has 2 rings (SSSR count). The van der Waals surface area contributed by atoms with Crippen LogP contribution < -0.4 is 10.1 Å². The van der Waals surface area contributed by atoms with E-state index in [0.717, 1.165) is 41.9 Å². The van der Waals surface area contributed by atoms with Gasteiger partial charge in [-0.2, -0.15) is 0 Å². The molecule has 1 aromatic carbocycles. The third-order valence-corrected chi connectivity index (χ3v) is 3.00. The molecule has 0 amide bonds. The number of rotatable bonds is 8. The molecule has 1 heterocycles. The Morgan fingerprint density at radius 1 is 1.30 bits per heavy atom. The van der Waals surface area contributed by atoms with Crippen molar-refractivity contribution in [1.29, 1.82) is 0 Å². The molecule has 0 unspecified atom stereocenters. The van der Waals surface area contributed by atoms with E-state index in [1.807, 2.05) is 24.3 Å². The Kier molecular flexibility index (Phi) is 5.38. The zero-order valence-electron chi connectivity index (χ0n) is 11.8. The number of nitrogens with one attached hydrogen (secondary N) is 1. The highest BCUT2D eigenvalue weighted by Gasteiger charge is 2.03. The summed E-state index contributed by atoms with van der Waals surface area (Å²) >= 11 is 0. The normalized spacial score (nSPS) is 10.4. The van der Waals surface area contributed by atoms with Crippen molar-refractivity contribution in [2.24, 2.45) is 0 Å². The second-order valence-electron chi connectivity index (χ2n) is 4.40. The van der Waals surface area contributed by atoms with E-state index in [9.17, 15) is 0 Å². The molecule has 4 nitrogen and oxygen atoms in total. The molecule has 0 bridgehead atoms.